The Kier molecular flexibility index (Phi) is 7.93. The van der Waals surface area contributed by atoms with Gasteiger partial charge in [0.15, 0.2) is 0 Å². The van der Waals surface area contributed by atoms with E-state index in [2.05, 4.69) is 91.0 Å². The van der Waals surface area contributed by atoms with Crippen molar-refractivity contribution < 1.29 is 30.9 Å². The molecule has 0 aliphatic rings. The zero-order valence-corrected chi connectivity index (χ0v) is 16.4. The van der Waals surface area contributed by atoms with E-state index in [9.17, 15) is 0 Å². The Labute approximate surface area is 144 Å². The summed E-state index contributed by atoms with van der Waals surface area (Å²) in [6.45, 7) is 0. The van der Waals surface area contributed by atoms with E-state index < -0.39 is 0 Å². The minimum absolute atomic E-state index is 0. The van der Waals surface area contributed by atoms with Gasteiger partial charge in [0.05, 0.1) is 0 Å². The van der Waals surface area contributed by atoms with Crippen LogP contribution in [-0.4, -0.2) is 0 Å². The van der Waals surface area contributed by atoms with Crippen molar-refractivity contribution in [3.63, 3.8) is 0 Å². The third-order valence-electron chi connectivity index (χ3n) is 2.65. The summed E-state index contributed by atoms with van der Waals surface area (Å²) in [6, 6.07) is 32.1. The number of rotatable bonds is 3. The van der Waals surface area contributed by atoms with Crippen LogP contribution in [-0.2, 0) is 13.9 Å². The second kappa shape index (κ2) is 9.18. The molecular weight excluding hydrogens is 391 g/mol. The molecule has 21 heavy (non-hydrogen) atoms. The molecule has 3 rings (SSSR count). The molecule has 0 saturated heterocycles. The molecule has 0 aliphatic heterocycles. The fourth-order valence-electron chi connectivity index (χ4n) is 1.80. The number of hydrogen-bond donors (Lipinski definition) is 0. The summed E-state index contributed by atoms with van der Waals surface area (Å²) in [5, 5.41) is 0. The molecule has 0 aromatic heterocycles. The maximum absolute atomic E-state index is 2.21. The van der Waals surface area contributed by atoms with E-state index in [4.69, 9.17) is 0 Å². The van der Waals surface area contributed by atoms with Gasteiger partial charge in [-0.15, -0.1) is 0 Å². The molecule has 3 heteroatoms. The Hall–Kier alpha value is -0.911. The summed E-state index contributed by atoms with van der Waals surface area (Å²) >= 11 is 0.0662. The molecule has 3 aromatic carbocycles. The van der Waals surface area contributed by atoms with Crippen LogP contribution >= 0.6 is 9.90 Å². The van der Waals surface area contributed by atoms with E-state index in [0.717, 1.165) is 0 Å². The molecule has 0 N–H and O–H groups in total. The normalized spacial score (nSPS) is 10.0. The Morgan fingerprint density at radius 3 is 0.905 bits per heavy atom. The zero-order valence-electron chi connectivity index (χ0n) is 11.8. The fraction of sp³-hybridized carbons (Fsp3) is 0. The topological polar surface area (TPSA) is 0 Å². The summed E-state index contributed by atoms with van der Waals surface area (Å²) < 4.78 is 4.06. The Bertz CT molecular complexity index is 535. The van der Waals surface area contributed by atoms with E-state index in [1.807, 2.05) is 0 Å². The molecule has 0 fully saturated rings. The summed E-state index contributed by atoms with van der Waals surface area (Å²) in [6.07, 6.45) is 0. The van der Waals surface area contributed by atoms with Crippen molar-refractivity contribution in [3.8, 4) is 0 Å². The first-order chi connectivity index (χ1) is 9.45. The molecule has 1 atom stereocenters. The third kappa shape index (κ3) is 4.53. The van der Waals surface area contributed by atoms with Crippen molar-refractivity contribution in [2.45, 2.75) is 0 Å². The number of benzene rings is 3. The SMILES string of the molecule is [Br-].[PH4+].c1cc[c]([Cu]([c]2ccccc2)[c]2ccccc2)cc1. The van der Waals surface area contributed by atoms with Crippen LogP contribution in [0.2, 0.25) is 0 Å². The van der Waals surface area contributed by atoms with Crippen LogP contribution in [0.3, 0.4) is 0 Å². The van der Waals surface area contributed by atoms with Gasteiger partial charge in [0.25, 0.3) is 0 Å². The van der Waals surface area contributed by atoms with E-state index in [0.29, 0.717) is 0 Å². The van der Waals surface area contributed by atoms with Gasteiger partial charge in [-0.05, 0) is 9.90 Å². The summed E-state index contributed by atoms with van der Waals surface area (Å²) in [5.41, 5.74) is 0. The average Bonchev–Trinajstić information content (AvgIpc) is 2.51. The van der Waals surface area contributed by atoms with Crippen molar-refractivity contribution in [3.05, 3.63) is 91.0 Å². The van der Waals surface area contributed by atoms with Crippen molar-refractivity contribution >= 4 is 23.3 Å². The minimum atomic E-state index is 0. The van der Waals surface area contributed by atoms with Crippen molar-refractivity contribution in [2.24, 2.45) is 0 Å². The zero-order chi connectivity index (χ0) is 12.9. The predicted molar refractivity (Wildman–Crippen MR) is 90.7 cm³/mol. The van der Waals surface area contributed by atoms with Crippen molar-refractivity contribution in [1.29, 1.82) is 0 Å². The van der Waals surface area contributed by atoms with Gasteiger partial charge >= 0.3 is 118 Å². The monoisotopic (exact) mass is 408 g/mol. The quantitative estimate of drug-likeness (QED) is 0.399. The van der Waals surface area contributed by atoms with Gasteiger partial charge in [-0.1, -0.05) is 0 Å². The fourth-order valence-corrected chi connectivity index (χ4v) is 4.23. The van der Waals surface area contributed by atoms with Gasteiger partial charge in [0.2, 0.25) is 0 Å². The Balaban J connectivity index is 0.00000110. The van der Waals surface area contributed by atoms with Gasteiger partial charge in [-0.3, -0.25) is 0 Å². The Morgan fingerprint density at radius 2 is 0.667 bits per heavy atom. The second-order valence-corrected chi connectivity index (χ2v) is 6.32. The maximum atomic E-state index is 2.21. The van der Waals surface area contributed by atoms with E-state index in [1.54, 1.807) is 0 Å². The molecule has 0 bridgehead atoms. The van der Waals surface area contributed by atoms with E-state index in [1.165, 1.54) is 13.4 Å². The first-order valence-electron chi connectivity index (χ1n) is 6.18. The van der Waals surface area contributed by atoms with Crippen LogP contribution in [0.5, 0.6) is 0 Å². The van der Waals surface area contributed by atoms with Gasteiger partial charge in [0, 0.05) is 0 Å². The van der Waals surface area contributed by atoms with Crippen LogP contribution in [0.1, 0.15) is 0 Å². The molecule has 0 heterocycles. The molecule has 0 nitrogen and oxygen atoms in total. The number of hydrogen-bond acceptors (Lipinski definition) is 0. The van der Waals surface area contributed by atoms with Crippen LogP contribution in [0, 0.1) is 0 Å². The number of halogens is 1. The van der Waals surface area contributed by atoms with Gasteiger partial charge in [-0.25, -0.2) is 0 Å². The molecule has 1 unspecified atom stereocenters. The summed E-state index contributed by atoms with van der Waals surface area (Å²) in [5.74, 6) is 0. The van der Waals surface area contributed by atoms with Crippen LogP contribution in [0.4, 0.5) is 0 Å². The standard InChI is InChI=1S/3C6H5.BrH.Cu.H3P/c3*1-2-4-6-5-3-1;;;/h3*1-5H;1H;;1H3. The van der Waals surface area contributed by atoms with Gasteiger partial charge in [0.1, 0.15) is 0 Å². The molecule has 3 aromatic rings. The van der Waals surface area contributed by atoms with Crippen LogP contribution in [0.15, 0.2) is 91.0 Å². The summed E-state index contributed by atoms with van der Waals surface area (Å²) in [7, 11) is 0. The third-order valence-corrected chi connectivity index (χ3v) is 5.22. The summed E-state index contributed by atoms with van der Waals surface area (Å²) in [4.78, 5) is 0. The van der Waals surface area contributed by atoms with Crippen molar-refractivity contribution in [2.75, 3.05) is 0 Å². The Morgan fingerprint density at radius 1 is 0.429 bits per heavy atom. The van der Waals surface area contributed by atoms with Crippen LogP contribution < -0.4 is 30.4 Å². The van der Waals surface area contributed by atoms with Crippen LogP contribution in [0.25, 0.3) is 0 Å². The average molecular weight is 410 g/mol. The van der Waals surface area contributed by atoms with E-state index in [-0.39, 0.29) is 40.8 Å². The van der Waals surface area contributed by atoms with E-state index >= 15 is 0 Å². The molecule has 0 radical (unpaired) electrons. The molecular formula is C18H19BrCuP. The second-order valence-electron chi connectivity index (χ2n) is 3.98. The molecule has 0 aliphatic carbocycles. The molecule has 0 amide bonds. The molecule has 114 valence electrons. The molecule has 0 saturated carbocycles. The first kappa shape index (κ1) is 18.1. The predicted octanol–water partition coefficient (Wildman–Crippen LogP) is -0.625. The van der Waals surface area contributed by atoms with Crippen molar-refractivity contribution in [1.82, 2.24) is 0 Å². The molecule has 0 spiro atoms. The van der Waals surface area contributed by atoms with Gasteiger partial charge < -0.3 is 17.0 Å². The van der Waals surface area contributed by atoms with Gasteiger partial charge in [-0.2, -0.15) is 0 Å². The first-order valence-corrected chi connectivity index (χ1v) is 7.60.